The molecular weight excluding hydrogens is 304 g/mol. The number of aryl methyl sites for hydroxylation is 1. The highest BCUT2D eigenvalue weighted by Crippen LogP contribution is 2.13. The van der Waals surface area contributed by atoms with E-state index in [0.717, 1.165) is 5.69 Å². The first-order chi connectivity index (χ1) is 10.5. The van der Waals surface area contributed by atoms with Crippen molar-refractivity contribution in [3.05, 3.63) is 17.5 Å². The predicted octanol–water partition coefficient (Wildman–Crippen LogP) is 1.42. The second-order valence-electron chi connectivity index (χ2n) is 4.86. The number of nitrogens with zero attached hydrogens (tertiary/aromatic N) is 4. The molecule has 0 aromatic carbocycles. The fraction of sp³-hybridized carbons (Fsp3) is 0.571. The van der Waals surface area contributed by atoms with E-state index in [1.54, 1.807) is 22.8 Å². The van der Waals surface area contributed by atoms with Crippen molar-refractivity contribution in [3.63, 3.8) is 0 Å². The molecule has 1 aliphatic rings. The smallest absolute Gasteiger partial charge is 0.409 e. The van der Waals surface area contributed by atoms with Gasteiger partial charge in [0.1, 0.15) is 5.69 Å². The van der Waals surface area contributed by atoms with E-state index in [9.17, 15) is 9.59 Å². The Kier molecular flexibility index (Phi) is 5.59. The largest absolute Gasteiger partial charge is 0.450 e. The zero-order valence-electron chi connectivity index (χ0n) is 13.0. The molecule has 0 N–H and O–H groups in total. The van der Waals surface area contributed by atoms with Gasteiger partial charge in [0, 0.05) is 31.9 Å². The van der Waals surface area contributed by atoms with Crippen LogP contribution in [0.15, 0.2) is 11.2 Å². The van der Waals surface area contributed by atoms with Crippen molar-refractivity contribution >= 4 is 23.8 Å². The van der Waals surface area contributed by atoms with E-state index in [4.69, 9.17) is 4.74 Å². The van der Waals surface area contributed by atoms with Gasteiger partial charge in [0.15, 0.2) is 5.16 Å². The summed E-state index contributed by atoms with van der Waals surface area (Å²) in [5.74, 6) is -0.121. The SMILES string of the molecule is CCOC(=O)N1CCN(C(=O)c2cc(C)nc(SC)n2)CC1. The summed E-state index contributed by atoms with van der Waals surface area (Å²) in [5.41, 5.74) is 1.18. The van der Waals surface area contributed by atoms with E-state index in [2.05, 4.69) is 9.97 Å². The fourth-order valence-corrected chi connectivity index (χ4v) is 2.64. The molecule has 0 radical (unpaired) electrons. The molecule has 120 valence electrons. The lowest BCUT2D eigenvalue weighted by atomic mass is 10.2. The number of carbonyl (C=O) groups excluding carboxylic acids is 2. The van der Waals surface area contributed by atoms with E-state index in [1.807, 2.05) is 13.2 Å². The molecule has 1 aromatic rings. The molecule has 0 unspecified atom stereocenters. The van der Waals surface area contributed by atoms with Gasteiger partial charge >= 0.3 is 6.09 Å². The highest BCUT2D eigenvalue weighted by atomic mass is 32.2. The summed E-state index contributed by atoms with van der Waals surface area (Å²) in [7, 11) is 0. The summed E-state index contributed by atoms with van der Waals surface area (Å²) in [6, 6.07) is 1.69. The maximum Gasteiger partial charge on any atom is 0.409 e. The zero-order valence-corrected chi connectivity index (χ0v) is 13.9. The third-order valence-corrected chi connectivity index (χ3v) is 3.88. The van der Waals surface area contributed by atoms with Gasteiger partial charge < -0.3 is 14.5 Å². The second-order valence-corrected chi connectivity index (χ2v) is 5.63. The predicted molar refractivity (Wildman–Crippen MR) is 83.0 cm³/mol. The van der Waals surface area contributed by atoms with Crippen LogP contribution in [0.5, 0.6) is 0 Å². The zero-order chi connectivity index (χ0) is 16.1. The maximum absolute atomic E-state index is 12.5. The molecule has 1 aliphatic heterocycles. The summed E-state index contributed by atoms with van der Waals surface area (Å²) in [6.45, 7) is 5.89. The van der Waals surface area contributed by atoms with E-state index in [1.165, 1.54) is 11.8 Å². The molecule has 1 saturated heterocycles. The third-order valence-electron chi connectivity index (χ3n) is 3.33. The van der Waals surface area contributed by atoms with Gasteiger partial charge in [-0.2, -0.15) is 0 Å². The van der Waals surface area contributed by atoms with E-state index in [0.29, 0.717) is 43.6 Å². The van der Waals surface area contributed by atoms with Crippen LogP contribution in [0.3, 0.4) is 0 Å². The molecule has 0 aliphatic carbocycles. The molecule has 7 nitrogen and oxygen atoms in total. The van der Waals surface area contributed by atoms with Crippen LogP contribution in [0.2, 0.25) is 0 Å². The van der Waals surface area contributed by atoms with Crippen molar-refractivity contribution in [2.45, 2.75) is 19.0 Å². The number of piperazine rings is 1. The van der Waals surface area contributed by atoms with Gasteiger partial charge in [-0.15, -0.1) is 0 Å². The van der Waals surface area contributed by atoms with Crippen LogP contribution >= 0.6 is 11.8 Å². The quantitative estimate of drug-likeness (QED) is 0.618. The van der Waals surface area contributed by atoms with Crippen molar-refractivity contribution in [1.29, 1.82) is 0 Å². The lowest BCUT2D eigenvalue weighted by Crippen LogP contribution is -2.50. The number of amides is 2. The summed E-state index contributed by atoms with van der Waals surface area (Å²) >= 11 is 1.41. The van der Waals surface area contributed by atoms with Gasteiger partial charge in [-0.25, -0.2) is 14.8 Å². The number of carbonyl (C=O) groups is 2. The lowest BCUT2D eigenvalue weighted by molar-refractivity contribution is 0.0565. The topological polar surface area (TPSA) is 75.6 Å². The summed E-state index contributed by atoms with van der Waals surface area (Å²) in [5, 5.41) is 0.591. The Balaban J connectivity index is 2.00. The Morgan fingerprint density at radius 3 is 2.45 bits per heavy atom. The first-order valence-corrected chi connectivity index (χ1v) is 8.38. The number of hydrogen-bond acceptors (Lipinski definition) is 6. The van der Waals surface area contributed by atoms with Crippen LogP contribution < -0.4 is 0 Å². The Morgan fingerprint density at radius 2 is 1.86 bits per heavy atom. The minimum Gasteiger partial charge on any atom is -0.450 e. The molecule has 0 saturated carbocycles. The normalized spacial score (nSPS) is 14.9. The Labute approximate surface area is 134 Å². The van der Waals surface area contributed by atoms with Gasteiger partial charge in [0.25, 0.3) is 5.91 Å². The number of aromatic nitrogens is 2. The van der Waals surface area contributed by atoms with E-state index < -0.39 is 0 Å². The highest BCUT2D eigenvalue weighted by Gasteiger charge is 2.26. The van der Waals surface area contributed by atoms with Crippen molar-refractivity contribution in [1.82, 2.24) is 19.8 Å². The Morgan fingerprint density at radius 1 is 1.23 bits per heavy atom. The molecule has 0 atom stereocenters. The van der Waals surface area contributed by atoms with Gasteiger partial charge in [-0.1, -0.05) is 11.8 Å². The Bertz CT molecular complexity index is 559. The second kappa shape index (κ2) is 7.44. The van der Waals surface area contributed by atoms with E-state index >= 15 is 0 Å². The molecule has 8 heteroatoms. The van der Waals surface area contributed by atoms with Crippen LogP contribution in [-0.2, 0) is 4.74 Å². The maximum atomic E-state index is 12.5. The van der Waals surface area contributed by atoms with Gasteiger partial charge in [-0.05, 0) is 26.2 Å². The van der Waals surface area contributed by atoms with Crippen molar-refractivity contribution < 1.29 is 14.3 Å². The average Bonchev–Trinajstić information content (AvgIpc) is 2.54. The van der Waals surface area contributed by atoms with Crippen LogP contribution in [-0.4, -0.2) is 70.8 Å². The summed E-state index contributed by atoms with van der Waals surface area (Å²) < 4.78 is 4.97. The molecule has 22 heavy (non-hydrogen) atoms. The van der Waals surface area contributed by atoms with Crippen LogP contribution in [0.25, 0.3) is 0 Å². The van der Waals surface area contributed by atoms with Crippen molar-refractivity contribution in [2.24, 2.45) is 0 Å². The van der Waals surface area contributed by atoms with Crippen LogP contribution in [0.1, 0.15) is 23.1 Å². The number of thioether (sulfide) groups is 1. The minimum atomic E-state index is -0.322. The van der Waals surface area contributed by atoms with Gasteiger partial charge in [0.2, 0.25) is 0 Å². The molecule has 2 heterocycles. The average molecular weight is 324 g/mol. The van der Waals surface area contributed by atoms with E-state index in [-0.39, 0.29) is 12.0 Å². The summed E-state index contributed by atoms with van der Waals surface area (Å²) in [6.07, 6.45) is 1.55. The molecular formula is C14H20N4O3S. The van der Waals surface area contributed by atoms with Gasteiger partial charge in [-0.3, -0.25) is 4.79 Å². The minimum absolute atomic E-state index is 0.121. The molecule has 2 amide bonds. The van der Waals surface area contributed by atoms with Crippen molar-refractivity contribution in [3.8, 4) is 0 Å². The molecule has 1 aromatic heterocycles. The van der Waals surface area contributed by atoms with Gasteiger partial charge in [0.05, 0.1) is 6.61 Å². The third kappa shape index (κ3) is 3.88. The molecule has 1 fully saturated rings. The standard InChI is InChI=1S/C14H20N4O3S/c1-4-21-14(20)18-7-5-17(6-8-18)12(19)11-9-10(2)15-13(16-11)22-3/h9H,4-8H2,1-3H3. The summed E-state index contributed by atoms with van der Waals surface area (Å²) in [4.78, 5) is 36.0. The number of hydrogen-bond donors (Lipinski definition) is 0. The lowest BCUT2D eigenvalue weighted by Gasteiger charge is -2.33. The molecule has 2 rings (SSSR count). The molecule has 0 spiro atoms. The number of ether oxygens (including phenoxy) is 1. The highest BCUT2D eigenvalue weighted by molar-refractivity contribution is 7.98. The van der Waals surface area contributed by atoms with Crippen molar-refractivity contribution in [2.75, 3.05) is 39.0 Å². The first-order valence-electron chi connectivity index (χ1n) is 7.15. The monoisotopic (exact) mass is 324 g/mol. The van der Waals surface area contributed by atoms with Crippen LogP contribution in [0.4, 0.5) is 4.79 Å². The first kappa shape index (κ1) is 16.5. The fourth-order valence-electron chi connectivity index (χ4n) is 2.21. The molecule has 0 bridgehead atoms. The van der Waals surface area contributed by atoms with Crippen LogP contribution in [0, 0.1) is 6.92 Å². The Hall–Kier alpha value is -1.83. The number of rotatable bonds is 3.